The fraction of sp³-hybridized carbons (Fsp3) is 0.667. The highest BCUT2D eigenvalue weighted by Crippen LogP contribution is 2.33. The zero-order valence-corrected chi connectivity index (χ0v) is 12.4. The van der Waals surface area contributed by atoms with E-state index in [1.165, 1.54) is 56.9 Å². The highest BCUT2D eigenvalue weighted by molar-refractivity contribution is 5.20. The maximum atomic E-state index is 5.98. The quantitative estimate of drug-likeness (QED) is 0.882. The molecule has 0 spiro atoms. The summed E-state index contributed by atoms with van der Waals surface area (Å²) < 4.78 is 0. The largest absolute Gasteiger partial charge is 0.328 e. The van der Waals surface area contributed by atoms with E-state index in [9.17, 15) is 0 Å². The summed E-state index contributed by atoms with van der Waals surface area (Å²) in [6.45, 7) is 0. The van der Waals surface area contributed by atoms with Crippen LogP contribution in [0.15, 0.2) is 30.3 Å². The molecule has 110 valence electrons. The Balaban J connectivity index is 1.44. The first-order valence-electron chi connectivity index (χ1n) is 8.38. The van der Waals surface area contributed by atoms with Crippen molar-refractivity contribution >= 4 is 0 Å². The van der Waals surface area contributed by atoms with Crippen LogP contribution in [0.3, 0.4) is 0 Å². The zero-order chi connectivity index (χ0) is 13.8. The first-order chi connectivity index (χ1) is 9.81. The number of rotatable bonds is 3. The van der Waals surface area contributed by atoms with Crippen LogP contribution >= 0.6 is 0 Å². The molecule has 2 saturated carbocycles. The van der Waals surface area contributed by atoms with Gasteiger partial charge in [-0.3, -0.25) is 0 Å². The summed E-state index contributed by atoms with van der Waals surface area (Å²) in [6.07, 6.45) is 10.3. The lowest BCUT2D eigenvalue weighted by molar-refractivity contribution is 0.268. The summed E-state index contributed by atoms with van der Waals surface area (Å²) >= 11 is 0. The van der Waals surface area contributed by atoms with Crippen molar-refractivity contribution in [1.82, 2.24) is 5.32 Å². The molecule has 1 aromatic carbocycles. The van der Waals surface area contributed by atoms with Crippen LogP contribution in [-0.2, 0) is 0 Å². The van der Waals surface area contributed by atoms with Crippen molar-refractivity contribution in [3.8, 4) is 0 Å². The molecule has 2 aliphatic rings. The lowest BCUT2D eigenvalue weighted by Gasteiger charge is -2.35. The van der Waals surface area contributed by atoms with Crippen LogP contribution in [-0.4, -0.2) is 18.1 Å². The van der Waals surface area contributed by atoms with Gasteiger partial charge in [-0.25, -0.2) is 0 Å². The van der Waals surface area contributed by atoms with Crippen molar-refractivity contribution in [2.75, 3.05) is 0 Å². The van der Waals surface area contributed by atoms with Crippen molar-refractivity contribution in [1.29, 1.82) is 0 Å². The van der Waals surface area contributed by atoms with Gasteiger partial charge in [-0.2, -0.15) is 0 Å². The van der Waals surface area contributed by atoms with Crippen molar-refractivity contribution in [2.24, 2.45) is 5.73 Å². The Kier molecular flexibility index (Phi) is 4.74. The summed E-state index contributed by atoms with van der Waals surface area (Å²) in [6, 6.07) is 13.0. The number of nitrogens with one attached hydrogen (secondary N) is 1. The molecule has 0 aliphatic heterocycles. The molecule has 0 amide bonds. The van der Waals surface area contributed by atoms with E-state index in [1.807, 2.05) is 0 Å². The van der Waals surface area contributed by atoms with E-state index in [-0.39, 0.29) is 0 Å². The van der Waals surface area contributed by atoms with Crippen LogP contribution in [0.1, 0.15) is 62.8 Å². The maximum absolute atomic E-state index is 5.98. The van der Waals surface area contributed by atoms with E-state index >= 15 is 0 Å². The SMILES string of the molecule is NC1CCC(NC2CCC(c3ccccc3)CC2)CC1. The number of nitrogens with two attached hydrogens (primary N) is 1. The molecule has 2 nitrogen and oxygen atoms in total. The Morgan fingerprint density at radius 1 is 0.750 bits per heavy atom. The molecule has 0 unspecified atom stereocenters. The monoisotopic (exact) mass is 272 g/mol. The van der Waals surface area contributed by atoms with E-state index in [1.54, 1.807) is 0 Å². The smallest absolute Gasteiger partial charge is 0.00708 e. The number of hydrogen-bond acceptors (Lipinski definition) is 2. The molecular weight excluding hydrogens is 244 g/mol. The van der Waals surface area contributed by atoms with Crippen LogP contribution in [0.25, 0.3) is 0 Å². The molecule has 2 heteroatoms. The van der Waals surface area contributed by atoms with Crippen molar-refractivity contribution in [2.45, 2.75) is 75.4 Å². The molecule has 0 bridgehead atoms. The Labute approximate surface area is 123 Å². The van der Waals surface area contributed by atoms with Crippen LogP contribution in [0.5, 0.6) is 0 Å². The fourth-order valence-corrected chi connectivity index (χ4v) is 3.94. The second-order valence-electron chi connectivity index (χ2n) is 6.74. The molecule has 20 heavy (non-hydrogen) atoms. The highest BCUT2D eigenvalue weighted by Gasteiger charge is 2.25. The molecule has 0 heterocycles. The fourth-order valence-electron chi connectivity index (χ4n) is 3.94. The molecule has 2 aliphatic carbocycles. The number of benzene rings is 1. The maximum Gasteiger partial charge on any atom is 0.00708 e. The number of hydrogen-bond donors (Lipinski definition) is 2. The minimum absolute atomic E-state index is 0.460. The summed E-state index contributed by atoms with van der Waals surface area (Å²) in [5.41, 5.74) is 7.52. The van der Waals surface area contributed by atoms with Gasteiger partial charge in [-0.1, -0.05) is 30.3 Å². The van der Waals surface area contributed by atoms with Gasteiger partial charge in [0.05, 0.1) is 0 Å². The van der Waals surface area contributed by atoms with E-state index < -0.39 is 0 Å². The average molecular weight is 272 g/mol. The van der Waals surface area contributed by atoms with E-state index in [4.69, 9.17) is 5.73 Å². The minimum Gasteiger partial charge on any atom is -0.328 e. The lowest BCUT2D eigenvalue weighted by atomic mass is 9.81. The molecular formula is C18H28N2. The third-order valence-electron chi connectivity index (χ3n) is 5.24. The summed E-state index contributed by atoms with van der Waals surface area (Å²) in [4.78, 5) is 0. The van der Waals surface area contributed by atoms with Gasteiger partial charge in [0, 0.05) is 18.1 Å². The first-order valence-corrected chi connectivity index (χ1v) is 8.38. The minimum atomic E-state index is 0.460. The topological polar surface area (TPSA) is 38.0 Å². The third kappa shape index (κ3) is 3.62. The predicted molar refractivity (Wildman–Crippen MR) is 84.8 cm³/mol. The Bertz CT molecular complexity index is 387. The first kappa shape index (κ1) is 14.1. The summed E-state index contributed by atoms with van der Waals surface area (Å²) in [5.74, 6) is 0.786. The standard InChI is InChI=1S/C18H28N2/c19-16-8-12-18(13-9-16)20-17-10-6-15(7-11-17)14-4-2-1-3-5-14/h1-5,15-18,20H,6-13,19H2. The van der Waals surface area contributed by atoms with Gasteiger partial charge in [0.25, 0.3) is 0 Å². The summed E-state index contributed by atoms with van der Waals surface area (Å²) in [5, 5.41) is 3.89. The van der Waals surface area contributed by atoms with Gasteiger partial charge in [0.1, 0.15) is 0 Å². The molecule has 3 N–H and O–H groups in total. The molecule has 1 aromatic rings. The molecule has 0 atom stereocenters. The lowest BCUT2D eigenvalue weighted by Crippen LogP contribution is -2.43. The molecule has 3 rings (SSSR count). The van der Waals surface area contributed by atoms with E-state index in [0.717, 1.165) is 18.0 Å². The van der Waals surface area contributed by atoms with Gasteiger partial charge in [-0.15, -0.1) is 0 Å². The third-order valence-corrected chi connectivity index (χ3v) is 5.24. The normalized spacial score (nSPS) is 34.9. The van der Waals surface area contributed by atoms with Crippen LogP contribution in [0.4, 0.5) is 0 Å². The van der Waals surface area contributed by atoms with Crippen molar-refractivity contribution in [3.63, 3.8) is 0 Å². The average Bonchev–Trinajstić information content (AvgIpc) is 2.51. The van der Waals surface area contributed by atoms with Crippen LogP contribution in [0.2, 0.25) is 0 Å². The second-order valence-corrected chi connectivity index (χ2v) is 6.74. The predicted octanol–water partition coefficient (Wildman–Crippen LogP) is 3.57. The van der Waals surface area contributed by atoms with Gasteiger partial charge in [-0.05, 0) is 62.8 Å². The highest BCUT2D eigenvalue weighted by atomic mass is 15.0. The van der Waals surface area contributed by atoms with Gasteiger partial charge in [0.15, 0.2) is 0 Å². The second kappa shape index (κ2) is 6.73. The Morgan fingerprint density at radius 2 is 1.30 bits per heavy atom. The molecule has 0 radical (unpaired) electrons. The zero-order valence-electron chi connectivity index (χ0n) is 12.4. The molecule has 0 saturated heterocycles. The van der Waals surface area contributed by atoms with Crippen molar-refractivity contribution < 1.29 is 0 Å². The van der Waals surface area contributed by atoms with E-state index in [2.05, 4.69) is 35.6 Å². The van der Waals surface area contributed by atoms with Gasteiger partial charge >= 0.3 is 0 Å². The van der Waals surface area contributed by atoms with Crippen LogP contribution < -0.4 is 11.1 Å². The Morgan fingerprint density at radius 3 is 1.90 bits per heavy atom. The van der Waals surface area contributed by atoms with Gasteiger partial charge in [0.2, 0.25) is 0 Å². The van der Waals surface area contributed by atoms with Gasteiger partial charge < -0.3 is 11.1 Å². The molecule has 2 fully saturated rings. The van der Waals surface area contributed by atoms with E-state index in [0.29, 0.717) is 6.04 Å². The van der Waals surface area contributed by atoms with Crippen molar-refractivity contribution in [3.05, 3.63) is 35.9 Å². The van der Waals surface area contributed by atoms with Crippen LogP contribution in [0, 0.1) is 0 Å². The Hall–Kier alpha value is -0.860. The molecule has 0 aromatic heterocycles. The summed E-state index contributed by atoms with van der Waals surface area (Å²) in [7, 11) is 0.